The molecule has 4 nitrogen and oxygen atoms in total. The van der Waals surface area contributed by atoms with Crippen LogP contribution in [-0.4, -0.2) is 26.1 Å². The van der Waals surface area contributed by atoms with Crippen molar-refractivity contribution in [1.29, 1.82) is 0 Å². The smallest absolute Gasteiger partial charge is 0.231 e. The molecule has 0 spiro atoms. The van der Waals surface area contributed by atoms with Gasteiger partial charge in [0.2, 0.25) is 6.79 Å². The van der Waals surface area contributed by atoms with Crippen LogP contribution in [0.3, 0.4) is 0 Å². The van der Waals surface area contributed by atoms with Gasteiger partial charge in [0.15, 0.2) is 11.5 Å². The predicted molar refractivity (Wildman–Crippen MR) is 82.1 cm³/mol. The van der Waals surface area contributed by atoms with E-state index in [0.717, 1.165) is 36.7 Å². The molecule has 0 fully saturated rings. The number of hydrogen-bond acceptors (Lipinski definition) is 4. The Balaban J connectivity index is 1.67. The van der Waals surface area contributed by atoms with E-state index in [9.17, 15) is 0 Å². The molecule has 2 rings (SSSR count). The molecule has 0 radical (unpaired) electrons. The van der Waals surface area contributed by atoms with Gasteiger partial charge >= 0.3 is 0 Å². The highest BCUT2D eigenvalue weighted by Gasteiger charge is 2.13. The normalized spacial score (nSPS) is 13.8. The lowest BCUT2D eigenvalue weighted by molar-refractivity contribution is 0.0813. The van der Waals surface area contributed by atoms with Crippen LogP contribution in [-0.2, 0) is 4.74 Å². The van der Waals surface area contributed by atoms with E-state index in [0.29, 0.717) is 19.5 Å². The van der Waals surface area contributed by atoms with Gasteiger partial charge in [-0.1, -0.05) is 11.6 Å². The van der Waals surface area contributed by atoms with E-state index in [2.05, 4.69) is 26.8 Å². The van der Waals surface area contributed by atoms with Gasteiger partial charge in [0.25, 0.3) is 0 Å². The quantitative estimate of drug-likeness (QED) is 0.537. The molecule has 0 bridgehead atoms. The van der Waals surface area contributed by atoms with Crippen molar-refractivity contribution in [3.8, 4) is 17.2 Å². The van der Waals surface area contributed by atoms with Crippen LogP contribution >= 0.6 is 0 Å². The van der Waals surface area contributed by atoms with Crippen LogP contribution in [0.2, 0.25) is 0 Å². The topological polar surface area (TPSA) is 36.9 Å². The zero-order valence-electron chi connectivity index (χ0n) is 13.1. The van der Waals surface area contributed by atoms with Crippen LogP contribution in [0.4, 0.5) is 0 Å². The van der Waals surface area contributed by atoms with Crippen molar-refractivity contribution in [3.63, 3.8) is 0 Å². The molecule has 1 aliphatic rings. The molecule has 1 aromatic rings. The fraction of sp³-hybridized carbons (Fsp3) is 0.529. The number of rotatable bonds is 8. The number of hydrogen-bond donors (Lipinski definition) is 0. The van der Waals surface area contributed by atoms with Crippen LogP contribution in [0.15, 0.2) is 29.8 Å². The Bertz CT molecular complexity index is 480. The van der Waals surface area contributed by atoms with Crippen molar-refractivity contribution in [2.45, 2.75) is 39.7 Å². The Morgan fingerprint density at radius 3 is 2.86 bits per heavy atom. The lowest BCUT2D eigenvalue weighted by atomic mass is 10.2. The maximum absolute atomic E-state index is 5.71. The van der Waals surface area contributed by atoms with E-state index in [1.165, 1.54) is 5.57 Å². The molecule has 116 valence electrons. The van der Waals surface area contributed by atoms with E-state index in [4.69, 9.17) is 18.9 Å². The zero-order chi connectivity index (χ0) is 15.1. The minimum absolute atomic E-state index is 0.291. The summed E-state index contributed by atoms with van der Waals surface area (Å²) >= 11 is 0. The lowest BCUT2D eigenvalue weighted by Gasteiger charge is -2.08. The molecule has 0 aliphatic carbocycles. The third kappa shape index (κ3) is 5.31. The molecule has 1 heterocycles. The Kier molecular flexibility index (Phi) is 5.93. The van der Waals surface area contributed by atoms with Gasteiger partial charge in [0, 0.05) is 6.07 Å². The van der Waals surface area contributed by atoms with Gasteiger partial charge < -0.3 is 18.9 Å². The van der Waals surface area contributed by atoms with E-state index in [1.54, 1.807) is 0 Å². The summed E-state index contributed by atoms with van der Waals surface area (Å²) in [5.41, 5.74) is 1.34. The average molecular weight is 292 g/mol. The van der Waals surface area contributed by atoms with Crippen molar-refractivity contribution < 1.29 is 18.9 Å². The molecular formula is C17H24O4. The standard InChI is InChI=1S/C17H24O4/c1-13(2)18-10-8-14(3)5-4-9-19-15-6-7-16-17(11-15)21-12-20-16/h5-7,11,13H,4,8-10,12H2,1-3H3/b14-5+. The highest BCUT2D eigenvalue weighted by atomic mass is 16.7. The highest BCUT2D eigenvalue weighted by molar-refractivity contribution is 5.46. The van der Waals surface area contributed by atoms with Crippen molar-refractivity contribution in [2.24, 2.45) is 0 Å². The van der Waals surface area contributed by atoms with E-state index in [1.807, 2.05) is 18.2 Å². The molecule has 0 unspecified atom stereocenters. The fourth-order valence-corrected chi connectivity index (χ4v) is 2.01. The minimum atomic E-state index is 0.291. The first-order valence-electron chi connectivity index (χ1n) is 7.45. The molecule has 1 aromatic carbocycles. The predicted octanol–water partition coefficient (Wildman–Crippen LogP) is 3.95. The van der Waals surface area contributed by atoms with E-state index < -0.39 is 0 Å². The third-order valence-corrected chi connectivity index (χ3v) is 3.17. The molecular weight excluding hydrogens is 268 g/mol. The van der Waals surface area contributed by atoms with Crippen molar-refractivity contribution in [2.75, 3.05) is 20.0 Å². The summed E-state index contributed by atoms with van der Waals surface area (Å²) in [6.45, 7) is 7.96. The lowest BCUT2D eigenvalue weighted by Crippen LogP contribution is -2.04. The summed E-state index contributed by atoms with van der Waals surface area (Å²) in [6.07, 6.45) is 4.37. The Labute approximate surface area is 126 Å². The SMILES string of the molecule is C/C(=C\CCOc1ccc2c(c1)OCO2)CCOC(C)C. The Morgan fingerprint density at radius 2 is 2.05 bits per heavy atom. The van der Waals surface area contributed by atoms with Crippen LogP contribution in [0.1, 0.15) is 33.6 Å². The van der Waals surface area contributed by atoms with Gasteiger partial charge in [0.1, 0.15) is 5.75 Å². The second-order valence-electron chi connectivity index (χ2n) is 5.37. The Morgan fingerprint density at radius 1 is 1.24 bits per heavy atom. The molecule has 0 atom stereocenters. The van der Waals surface area contributed by atoms with Gasteiger partial charge in [-0.05, 0) is 45.7 Å². The molecule has 4 heteroatoms. The van der Waals surface area contributed by atoms with E-state index in [-0.39, 0.29) is 0 Å². The Hall–Kier alpha value is -1.68. The summed E-state index contributed by atoms with van der Waals surface area (Å²) in [7, 11) is 0. The summed E-state index contributed by atoms with van der Waals surface area (Å²) in [5.74, 6) is 2.35. The molecule has 0 saturated carbocycles. The summed E-state index contributed by atoms with van der Waals surface area (Å²) < 4.78 is 21.8. The molecule has 0 N–H and O–H groups in total. The molecule has 1 aliphatic heterocycles. The number of ether oxygens (including phenoxy) is 4. The van der Waals surface area contributed by atoms with Gasteiger partial charge in [-0.3, -0.25) is 0 Å². The second kappa shape index (κ2) is 7.93. The van der Waals surface area contributed by atoms with E-state index >= 15 is 0 Å². The minimum Gasteiger partial charge on any atom is -0.493 e. The monoisotopic (exact) mass is 292 g/mol. The summed E-state index contributed by atoms with van der Waals surface area (Å²) in [5, 5.41) is 0. The highest BCUT2D eigenvalue weighted by Crippen LogP contribution is 2.35. The first kappa shape index (κ1) is 15.7. The van der Waals surface area contributed by atoms with Crippen molar-refractivity contribution in [1.82, 2.24) is 0 Å². The van der Waals surface area contributed by atoms with Crippen molar-refractivity contribution in [3.05, 3.63) is 29.8 Å². The van der Waals surface area contributed by atoms with Crippen LogP contribution < -0.4 is 14.2 Å². The summed E-state index contributed by atoms with van der Waals surface area (Å²) in [6, 6.07) is 5.65. The second-order valence-corrected chi connectivity index (χ2v) is 5.37. The molecule has 21 heavy (non-hydrogen) atoms. The van der Waals surface area contributed by atoms with Gasteiger partial charge in [0.05, 0.1) is 19.3 Å². The molecule has 0 aromatic heterocycles. The van der Waals surface area contributed by atoms with Crippen molar-refractivity contribution >= 4 is 0 Å². The van der Waals surface area contributed by atoms with Crippen LogP contribution in [0.5, 0.6) is 17.2 Å². The molecule has 0 amide bonds. The van der Waals surface area contributed by atoms with Gasteiger partial charge in [-0.2, -0.15) is 0 Å². The first-order chi connectivity index (χ1) is 10.1. The van der Waals surface area contributed by atoms with Crippen LogP contribution in [0.25, 0.3) is 0 Å². The molecule has 0 saturated heterocycles. The first-order valence-corrected chi connectivity index (χ1v) is 7.45. The third-order valence-electron chi connectivity index (χ3n) is 3.17. The maximum Gasteiger partial charge on any atom is 0.231 e. The van der Waals surface area contributed by atoms with Gasteiger partial charge in [-0.25, -0.2) is 0 Å². The zero-order valence-corrected chi connectivity index (χ0v) is 13.1. The fourth-order valence-electron chi connectivity index (χ4n) is 2.01. The van der Waals surface area contributed by atoms with Gasteiger partial charge in [-0.15, -0.1) is 0 Å². The number of benzene rings is 1. The number of fused-ring (bicyclic) bond motifs is 1. The maximum atomic E-state index is 5.71. The van der Waals surface area contributed by atoms with Crippen LogP contribution in [0, 0.1) is 0 Å². The largest absolute Gasteiger partial charge is 0.493 e. The summed E-state index contributed by atoms with van der Waals surface area (Å²) in [4.78, 5) is 0. The average Bonchev–Trinajstić information content (AvgIpc) is 2.90.